The predicted octanol–water partition coefficient (Wildman–Crippen LogP) is 3.74. The zero-order valence-corrected chi connectivity index (χ0v) is 11.9. The van der Waals surface area contributed by atoms with Crippen molar-refractivity contribution in [3.63, 3.8) is 0 Å². The molecule has 2 nitrogen and oxygen atoms in total. The predicted molar refractivity (Wildman–Crippen MR) is 69.3 cm³/mol. The lowest BCUT2D eigenvalue weighted by Gasteiger charge is -2.36. The summed E-state index contributed by atoms with van der Waals surface area (Å²) >= 11 is 0. The average molecular weight is 344 g/mol. The Morgan fingerprint density at radius 3 is 2.17 bits per heavy atom. The number of hydrogen-bond donors (Lipinski definition) is 1. The highest BCUT2D eigenvalue weighted by molar-refractivity contribution is 5.33. The van der Waals surface area contributed by atoms with Crippen molar-refractivity contribution in [1.82, 2.24) is 10.2 Å². The van der Waals surface area contributed by atoms with Gasteiger partial charge in [-0.3, -0.25) is 4.90 Å². The molecular formula is C14H15F7N2. The van der Waals surface area contributed by atoms with Gasteiger partial charge in [0.25, 0.3) is 0 Å². The quantitative estimate of drug-likeness (QED) is 0.841. The Balaban J connectivity index is 2.47. The number of rotatable bonds is 3. The maximum Gasteiger partial charge on any atom is 0.416 e. The van der Waals surface area contributed by atoms with E-state index in [-0.39, 0.29) is 13.1 Å². The minimum atomic E-state index is -4.85. The van der Waals surface area contributed by atoms with E-state index in [0.717, 1.165) is 0 Å². The van der Waals surface area contributed by atoms with Crippen molar-refractivity contribution in [3.8, 4) is 0 Å². The minimum absolute atomic E-state index is 0.161. The standard InChI is InChI=1S/C14H15F7N2/c15-9-1-2-11(14(19,20)21)10(7-9)12(8-13(16,17)18)23-5-3-22-4-6-23/h1-2,7,12,22H,3-6,8H2/t12-/m1/s1. The van der Waals surface area contributed by atoms with Crippen molar-refractivity contribution in [1.29, 1.82) is 0 Å². The van der Waals surface area contributed by atoms with Crippen molar-refractivity contribution < 1.29 is 30.7 Å². The number of hydrogen-bond acceptors (Lipinski definition) is 2. The fourth-order valence-electron chi connectivity index (χ4n) is 2.72. The Morgan fingerprint density at radius 1 is 1.04 bits per heavy atom. The van der Waals surface area contributed by atoms with Crippen LogP contribution >= 0.6 is 0 Å². The molecule has 0 radical (unpaired) electrons. The second-order valence-electron chi connectivity index (χ2n) is 5.35. The van der Waals surface area contributed by atoms with Gasteiger partial charge in [-0.25, -0.2) is 4.39 Å². The summed E-state index contributed by atoms with van der Waals surface area (Å²) < 4.78 is 91.3. The van der Waals surface area contributed by atoms with Crippen molar-refractivity contribution in [2.75, 3.05) is 26.2 Å². The third kappa shape index (κ3) is 4.81. The first-order valence-electron chi connectivity index (χ1n) is 6.96. The van der Waals surface area contributed by atoms with Gasteiger partial charge in [-0.1, -0.05) is 0 Å². The van der Waals surface area contributed by atoms with E-state index in [9.17, 15) is 30.7 Å². The normalized spacial score (nSPS) is 18.9. The summed E-state index contributed by atoms with van der Waals surface area (Å²) in [6.07, 6.45) is -11.0. The Kier molecular flexibility index (Phi) is 5.20. The number of benzene rings is 1. The second-order valence-corrected chi connectivity index (χ2v) is 5.35. The maximum atomic E-state index is 13.4. The summed E-state index contributed by atoms with van der Waals surface area (Å²) in [6.45, 7) is 1.05. The molecule has 23 heavy (non-hydrogen) atoms. The molecule has 0 aliphatic carbocycles. The van der Waals surface area contributed by atoms with Crippen molar-refractivity contribution in [3.05, 3.63) is 35.1 Å². The van der Waals surface area contributed by atoms with Crippen LogP contribution in [0.2, 0.25) is 0 Å². The Morgan fingerprint density at radius 2 is 1.65 bits per heavy atom. The summed E-state index contributed by atoms with van der Waals surface area (Å²) in [6, 6.07) is 0.0936. The molecule has 1 aliphatic heterocycles. The zero-order chi connectivity index (χ0) is 17.3. The molecule has 0 saturated carbocycles. The monoisotopic (exact) mass is 344 g/mol. The van der Waals surface area contributed by atoms with Gasteiger partial charge >= 0.3 is 12.4 Å². The van der Waals surface area contributed by atoms with E-state index < -0.39 is 41.8 Å². The Labute approximate surface area is 128 Å². The Hall–Kier alpha value is -1.35. The molecule has 1 aromatic rings. The molecule has 130 valence electrons. The van der Waals surface area contributed by atoms with Crippen molar-refractivity contribution >= 4 is 0 Å². The summed E-state index contributed by atoms with van der Waals surface area (Å²) in [7, 11) is 0. The van der Waals surface area contributed by atoms with Crippen LogP contribution in [0.1, 0.15) is 23.6 Å². The zero-order valence-electron chi connectivity index (χ0n) is 11.9. The van der Waals surface area contributed by atoms with Crippen LogP contribution < -0.4 is 5.32 Å². The highest BCUT2D eigenvalue weighted by atomic mass is 19.4. The van der Waals surface area contributed by atoms with Gasteiger partial charge in [-0.15, -0.1) is 0 Å². The molecule has 1 N–H and O–H groups in total. The highest BCUT2D eigenvalue weighted by Crippen LogP contribution is 2.41. The lowest BCUT2D eigenvalue weighted by molar-refractivity contribution is -0.153. The number of halogens is 7. The molecule has 1 fully saturated rings. The molecule has 2 rings (SSSR count). The van der Waals surface area contributed by atoms with Crippen LogP contribution in [0.4, 0.5) is 30.7 Å². The second kappa shape index (κ2) is 6.64. The van der Waals surface area contributed by atoms with E-state index in [1.807, 2.05) is 0 Å². The van der Waals surface area contributed by atoms with Crippen LogP contribution in [0.3, 0.4) is 0 Å². The fourth-order valence-corrected chi connectivity index (χ4v) is 2.72. The van der Waals surface area contributed by atoms with E-state index in [2.05, 4.69) is 5.32 Å². The molecule has 1 heterocycles. The molecule has 0 spiro atoms. The molecule has 0 unspecified atom stereocenters. The van der Waals surface area contributed by atoms with Gasteiger partial charge < -0.3 is 5.32 Å². The average Bonchev–Trinajstić information content (AvgIpc) is 2.43. The van der Waals surface area contributed by atoms with Crippen LogP contribution in [-0.4, -0.2) is 37.3 Å². The topological polar surface area (TPSA) is 15.3 Å². The Bertz CT molecular complexity index is 533. The van der Waals surface area contributed by atoms with E-state index in [0.29, 0.717) is 31.3 Å². The highest BCUT2D eigenvalue weighted by Gasteiger charge is 2.41. The van der Waals surface area contributed by atoms with Gasteiger partial charge in [0.1, 0.15) is 5.82 Å². The maximum absolute atomic E-state index is 13.4. The molecular weight excluding hydrogens is 329 g/mol. The van der Waals surface area contributed by atoms with Crippen LogP contribution in [0, 0.1) is 5.82 Å². The molecule has 1 aliphatic rings. The lowest BCUT2D eigenvalue weighted by atomic mass is 9.95. The summed E-state index contributed by atoms with van der Waals surface area (Å²) in [5, 5.41) is 2.92. The lowest BCUT2D eigenvalue weighted by Crippen LogP contribution is -2.46. The van der Waals surface area contributed by atoms with E-state index in [1.165, 1.54) is 4.90 Å². The summed E-state index contributed by atoms with van der Waals surface area (Å²) in [5.74, 6) is -0.990. The largest absolute Gasteiger partial charge is 0.416 e. The summed E-state index contributed by atoms with van der Waals surface area (Å²) in [5.41, 5.74) is -1.90. The third-order valence-corrected chi connectivity index (χ3v) is 3.70. The molecule has 1 atom stereocenters. The van der Waals surface area contributed by atoms with Crippen LogP contribution in [0.15, 0.2) is 18.2 Å². The SMILES string of the molecule is Fc1ccc(C(F)(F)F)c([C@@H](CC(F)(F)F)N2CCNCC2)c1. The van der Waals surface area contributed by atoms with Gasteiger partial charge in [-0.2, -0.15) is 26.3 Å². The van der Waals surface area contributed by atoms with Gasteiger partial charge in [0.05, 0.1) is 12.0 Å². The number of piperazine rings is 1. The first kappa shape index (κ1) is 18.0. The molecule has 1 saturated heterocycles. The van der Waals surface area contributed by atoms with Crippen LogP contribution in [-0.2, 0) is 6.18 Å². The van der Waals surface area contributed by atoms with Crippen LogP contribution in [0.5, 0.6) is 0 Å². The summed E-state index contributed by atoms with van der Waals surface area (Å²) in [4.78, 5) is 1.31. The van der Waals surface area contributed by atoms with Crippen molar-refractivity contribution in [2.24, 2.45) is 0 Å². The minimum Gasteiger partial charge on any atom is -0.314 e. The molecule has 9 heteroatoms. The number of alkyl halides is 6. The van der Waals surface area contributed by atoms with Gasteiger partial charge in [0.2, 0.25) is 0 Å². The van der Waals surface area contributed by atoms with E-state index >= 15 is 0 Å². The van der Waals surface area contributed by atoms with Crippen LogP contribution in [0.25, 0.3) is 0 Å². The first-order valence-corrected chi connectivity index (χ1v) is 6.96. The molecule has 0 aromatic heterocycles. The first-order chi connectivity index (χ1) is 10.6. The van der Waals surface area contributed by atoms with Crippen molar-refractivity contribution in [2.45, 2.75) is 24.8 Å². The molecule has 0 bridgehead atoms. The van der Waals surface area contributed by atoms with E-state index in [4.69, 9.17) is 0 Å². The molecule has 0 amide bonds. The third-order valence-electron chi connectivity index (χ3n) is 3.70. The molecule has 1 aromatic carbocycles. The fraction of sp³-hybridized carbons (Fsp3) is 0.571. The van der Waals surface area contributed by atoms with Gasteiger partial charge in [0, 0.05) is 32.2 Å². The smallest absolute Gasteiger partial charge is 0.314 e. The van der Waals surface area contributed by atoms with Gasteiger partial charge in [-0.05, 0) is 23.8 Å². The number of nitrogens with zero attached hydrogens (tertiary/aromatic N) is 1. The number of nitrogens with one attached hydrogen (secondary N) is 1. The van der Waals surface area contributed by atoms with Gasteiger partial charge in [0.15, 0.2) is 0 Å². The van der Waals surface area contributed by atoms with E-state index in [1.54, 1.807) is 0 Å².